The number of rotatable bonds is 15. The Kier molecular flexibility index (Phi) is 11.9. The summed E-state index contributed by atoms with van der Waals surface area (Å²) < 4.78 is 12.6. The maximum absolute atomic E-state index is 6.30. The number of hydrogen-bond acceptors (Lipinski definition) is 2. The van der Waals surface area contributed by atoms with E-state index in [0.717, 1.165) is 12.8 Å². The van der Waals surface area contributed by atoms with Gasteiger partial charge in [0.1, 0.15) is 0 Å². The molecule has 0 aliphatic carbocycles. The predicted molar refractivity (Wildman–Crippen MR) is 108 cm³/mol. The fourth-order valence-electron chi connectivity index (χ4n) is 3.80. The van der Waals surface area contributed by atoms with E-state index in [1.807, 2.05) is 0 Å². The summed E-state index contributed by atoms with van der Waals surface area (Å²) in [4.78, 5) is 0. The Labute approximate surface area is 156 Å². The third kappa shape index (κ3) is 7.92. The van der Waals surface area contributed by atoms with Crippen LogP contribution in [-0.2, 0) is 15.9 Å². The second kappa shape index (κ2) is 13.4. The summed E-state index contributed by atoms with van der Waals surface area (Å²) in [6, 6.07) is 10.6. The van der Waals surface area contributed by atoms with E-state index in [0.29, 0.717) is 19.1 Å². The normalized spacial score (nSPS) is 13.1. The third-order valence-corrected chi connectivity index (χ3v) is 5.09. The molecule has 0 spiro atoms. The average molecular weight is 349 g/mol. The summed E-state index contributed by atoms with van der Waals surface area (Å²) in [7, 11) is 0. The molecule has 0 N–H and O–H groups in total. The van der Waals surface area contributed by atoms with Gasteiger partial charge >= 0.3 is 0 Å². The molecule has 2 nitrogen and oxygen atoms in total. The number of hydrogen-bond donors (Lipinski definition) is 0. The summed E-state index contributed by atoms with van der Waals surface area (Å²) in [5, 5.41) is 0. The smallest absolute Gasteiger partial charge is 0.174 e. The number of unbranched alkanes of at least 4 members (excludes halogenated alkanes) is 5. The highest BCUT2D eigenvalue weighted by Crippen LogP contribution is 2.34. The molecular formula is C23H40O2. The lowest BCUT2D eigenvalue weighted by Crippen LogP contribution is -2.46. The summed E-state index contributed by atoms with van der Waals surface area (Å²) in [5.74, 6) is -0.0398. The molecule has 1 rings (SSSR count). The van der Waals surface area contributed by atoms with Gasteiger partial charge in [-0.3, -0.25) is 0 Å². The van der Waals surface area contributed by atoms with E-state index < -0.39 is 5.79 Å². The van der Waals surface area contributed by atoms with Crippen LogP contribution in [0.15, 0.2) is 30.3 Å². The van der Waals surface area contributed by atoms with Crippen LogP contribution in [0, 0.1) is 5.92 Å². The Morgan fingerprint density at radius 1 is 0.800 bits per heavy atom. The van der Waals surface area contributed by atoms with E-state index in [2.05, 4.69) is 58.0 Å². The zero-order valence-corrected chi connectivity index (χ0v) is 17.1. The number of ether oxygens (including phenoxy) is 2. The third-order valence-electron chi connectivity index (χ3n) is 5.09. The van der Waals surface area contributed by atoms with Gasteiger partial charge in [0, 0.05) is 25.6 Å². The Hall–Kier alpha value is -0.860. The summed E-state index contributed by atoms with van der Waals surface area (Å²) in [5.41, 5.74) is 1.30. The minimum Gasteiger partial charge on any atom is -0.350 e. The molecule has 0 aromatic heterocycles. The van der Waals surface area contributed by atoms with Crippen molar-refractivity contribution >= 4 is 0 Å². The molecule has 2 heteroatoms. The van der Waals surface area contributed by atoms with Crippen LogP contribution in [0.25, 0.3) is 0 Å². The molecule has 144 valence electrons. The lowest BCUT2D eigenvalue weighted by Gasteiger charge is -2.40. The number of benzene rings is 1. The lowest BCUT2D eigenvalue weighted by atomic mass is 9.85. The van der Waals surface area contributed by atoms with Crippen LogP contribution >= 0.6 is 0 Å². The average Bonchev–Trinajstić information content (AvgIpc) is 2.62. The van der Waals surface area contributed by atoms with Gasteiger partial charge in [0.05, 0.1) is 0 Å². The summed E-state index contributed by atoms with van der Waals surface area (Å²) in [6.45, 7) is 10.1. The van der Waals surface area contributed by atoms with Crippen molar-refractivity contribution in [3.05, 3.63) is 35.9 Å². The van der Waals surface area contributed by atoms with E-state index in [1.54, 1.807) is 0 Å². The van der Waals surface area contributed by atoms with Crippen LogP contribution in [0.3, 0.4) is 0 Å². The van der Waals surface area contributed by atoms with Crippen molar-refractivity contribution in [3.8, 4) is 0 Å². The SMILES string of the molecule is CCCCCCCCC(CC)C(Cc1ccccc1)(OCC)OCC. The quantitative estimate of drug-likeness (QED) is 0.257. The Morgan fingerprint density at radius 2 is 1.40 bits per heavy atom. The predicted octanol–water partition coefficient (Wildman–Crippen LogP) is 6.78. The van der Waals surface area contributed by atoms with Crippen molar-refractivity contribution in [1.29, 1.82) is 0 Å². The molecule has 1 aromatic rings. The van der Waals surface area contributed by atoms with Gasteiger partial charge in [-0.15, -0.1) is 0 Å². The van der Waals surface area contributed by atoms with Gasteiger partial charge in [-0.1, -0.05) is 82.7 Å². The monoisotopic (exact) mass is 348 g/mol. The molecule has 0 bridgehead atoms. The first kappa shape index (κ1) is 22.2. The molecule has 0 heterocycles. The van der Waals surface area contributed by atoms with Gasteiger partial charge in [0.2, 0.25) is 0 Å². The second-order valence-electron chi connectivity index (χ2n) is 7.00. The molecule has 0 radical (unpaired) electrons. The van der Waals surface area contributed by atoms with Gasteiger partial charge in [0.15, 0.2) is 5.79 Å². The van der Waals surface area contributed by atoms with Gasteiger partial charge in [-0.25, -0.2) is 0 Å². The van der Waals surface area contributed by atoms with Crippen LogP contribution in [0.1, 0.15) is 84.6 Å². The van der Waals surface area contributed by atoms with E-state index in [-0.39, 0.29) is 0 Å². The summed E-state index contributed by atoms with van der Waals surface area (Å²) in [6.07, 6.45) is 11.1. The van der Waals surface area contributed by atoms with E-state index in [4.69, 9.17) is 9.47 Å². The van der Waals surface area contributed by atoms with E-state index >= 15 is 0 Å². The van der Waals surface area contributed by atoms with Crippen LogP contribution in [0.5, 0.6) is 0 Å². The fourth-order valence-corrected chi connectivity index (χ4v) is 3.80. The molecule has 0 aliphatic rings. The summed E-state index contributed by atoms with van der Waals surface area (Å²) >= 11 is 0. The highest BCUT2D eigenvalue weighted by molar-refractivity contribution is 5.16. The van der Waals surface area contributed by atoms with Crippen LogP contribution < -0.4 is 0 Å². The minimum absolute atomic E-state index is 0.443. The van der Waals surface area contributed by atoms with Crippen LogP contribution in [-0.4, -0.2) is 19.0 Å². The Morgan fingerprint density at radius 3 is 1.96 bits per heavy atom. The largest absolute Gasteiger partial charge is 0.350 e. The Balaban J connectivity index is 2.75. The first-order valence-electron chi connectivity index (χ1n) is 10.5. The molecular weight excluding hydrogens is 308 g/mol. The van der Waals surface area contributed by atoms with Crippen molar-refractivity contribution in [2.75, 3.05) is 13.2 Å². The fraction of sp³-hybridized carbons (Fsp3) is 0.739. The van der Waals surface area contributed by atoms with Crippen molar-refractivity contribution < 1.29 is 9.47 Å². The molecule has 0 fully saturated rings. The van der Waals surface area contributed by atoms with Gasteiger partial charge in [-0.2, -0.15) is 0 Å². The zero-order valence-electron chi connectivity index (χ0n) is 17.1. The first-order chi connectivity index (χ1) is 12.2. The molecule has 0 saturated carbocycles. The van der Waals surface area contributed by atoms with E-state index in [1.165, 1.54) is 50.5 Å². The van der Waals surface area contributed by atoms with Crippen molar-refractivity contribution in [1.82, 2.24) is 0 Å². The first-order valence-corrected chi connectivity index (χ1v) is 10.5. The van der Waals surface area contributed by atoms with Gasteiger partial charge < -0.3 is 9.47 Å². The maximum atomic E-state index is 6.30. The molecule has 0 saturated heterocycles. The molecule has 0 aliphatic heterocycles. The van der Waals surface area contributed by atoms with Crippen molar-refractivity contribution in [2.45, 2.75) is 91.3 Å². The molecule has 1 aromatic carbocycles. The standard InChI is InChI=1S/C23H40O2/c1-5-9-10-11-12-16-19-22(6-2)23(24-7-3,25-8-4)20-21-17-14-13-15-18-21/h13-15,17-18,22H,5-12,16,19-20H2,1-4H3. The molecule has 1 atom stereocenters. The highest BCUT2D eigenvalue weighted by atomic mass is 16.7. The molecule has 1 unspecified atom stereocenters. The van der Waals surface area contributed by atoms with Gasteiger partial charge in [-0.05, 0) is 32.3 Å². The van der Waals surface area contributed by atoms with Crippen LogP contribution in [0.4, 0.5) is 0 Å². The minimum atomic E-state index is -0.483. The van der Waals surface area contributed by atoms with Crippen molar-refractivity contribution in [3.63, 3.8) is 0 Å². The van der Waals surface area contributed by atoms with Gasteiger partial charge in [0.25, 0.3) is 0 Å². The highest BCUT2D eigenvalue weighted by Gasteiger charge is 2.39. The lowest BCUT2D eigenvalue weighted by molar-refractivity contribution is -0.265. The molecule has 25 heavy (non-hydrogen) atoms. The van der Waals surface area contributed by atoms with Crippen LogP contribution in [0.2, 0.25) is 0 Å². The second-order valence-corrected chi connectivity index (χ2v) is 7.00. The van der Waals surface area contributed by atoms with E-state index in [9.17, 15) is 0 Å². The van der Waals surface area contributed by atoms with Crippen molar-refractivity contribution in [2.24, 2.45) is 5.92 Å². The molecule has 0 amide bonds. The topological polar surface area (TPSA) is 18.5 Å². The zero-order chi connectivity index (χ0) is 18.4. The maximum Gasteiger partial charge on any atom is 0.174 e. The Bertz CT molecular complexity index is 409.